The lowest BCUT2D eigenvalue weighted by Crippen LogP contribution is -2.21. The number of ether oxygens (including phenoxy) is 1. The fraction of sp³-hybridized carbons (Fsp3) is 0.462. The topological polar surface area (TPSA) is 64.9 Å². The first-order valence-corrected chi connectivity index (χ1v) is 7.21. The quantitative estimate of drug-likeness (QED) is 0.872. The van der Waals surface area contributed by atoms with Crippen LogP contribution in [0.1, 0.15) is 25.2 Å². The summed E-state index contributed by atoms with van der Waals surface area (Å²) in [6.45, 7) is 5.39. The van der Waals surface area contributed by atoms with Crippen LogP contribution in [0.2, 0.25) is 0 Å². The average Bonchev–Trinajstić information content (AvgIpc) is 2.81. The zero-order valence-corrected chi connectivity index (χ0v) is 13.4. The van der Waals surface area contributed by atoms with Crippen LogP contribution in [0.5, 0.6) is 5.75 Å². The van der Waals surface area contributed by atoms with E-state index in [2.05, 4.69) is 56.6 Å². The van der Waals surface area contributed by atoms with E-state index >= 15 is 0 Å². The van der Waals surface area contributed by atoms with Crippen molar-refractivity contribution in [1.29, 1.82) is 0 Å². The Balaban J connectivity index is 1.95. The largest absolute Gasteiger partial charge is 0.484 e. The fourth-order valence-corrected chi connectivity index (χ4v) is 2.16. The summed E-state index contributed by atoms with van der Waals surface area (Å²) in [5.41, 5.74) is 1.20. The Hall–Kier alpha value is -1.47. The van der Waals surface area contributed by atoms with E-state index in [1.165, 1.54) is 10.4 Å². The first kappa shape index (κ1) is 14.9. The van der Waals surface area contributed by atoms with E-state index in [0.29, 0.717) is 18.5 Å². The van der Waals surface area contributed by atoms with E-state index in [-0.39, 0.29) is 0 Å². The molecule has 0 aliphatic heterocycles. The summed E-state index contributed by atoms with van der Waals surface area (Å²) < 4.78 is 6.59. The molecule has 0 fully saturated rings. The minimum absolute atomic E-state index is 0.302. The highest BCUT2D eigenvalue weighted by Gasteiger charge is 2.06. The molecule has 1 aromatic carbocycles. The summed E-state index contributed by atoms with van der Waals surface area (Å²) in [6.07, 6.45) is 0. The van der Waals surface area contributed by atoms with E-state index < -0.39 is 0 Å². The van der Waals surface area contributed by atoms with Gasteiger partial charge >= 0.3 is 0 Å². The van der Waals surface area contributed by atoms with Gasteiger partial charge in [-0.2, -0.15) is 4.80 Å². The third-order valence-corrected chi connectivity index (χ3v) is 3.24. The van der Waals surface area contributed by atoms with Crippen molar-refractivity contribution in [3.8, 4) is 5.75 Å². The Morgan fingerprint density at radius 1 is 1.40 bits per heavy atom. The maximum atomic E-state index is 5.67. The summed E-state index contributed by atoms with van der Waals surface area (Å²) in [5, 5.41) is 15.1. The normalized spacial score (nSPS) is 11.1. The highest BCUT2D eigenvalue weighted by Crippen LogP contribution is 2.26. The Labute approximate surface area is 126 Å². The SMILES string of the molecule is CC(C)NCc1ccc(OCc2nnn(C)n2)c(Br)c1. The molecular formula is C13H18BrN5O. The van der Waals surface area contributed by atoms with Crippen LogP contribution in [0.4, 0.5) is 0 Å². The molecule has 0 unspecified atom stereocenters. The van der Waals surface area contributed by atoms with Gasteiger partial charge in [0.05, 0.1) is 11.5 Å². The fourth-order valence-electron chi connectivity index (χ4n) is 1.62. The molecule has 2 rings (SSSR count). The molecule has 0 aliphatic carbocycles. The van der Waals surface area contributed by atoms with E-state index in [4.69, 9.17) is 4.74 Å². The average molecular weight is 340 g/mol. The molecule has 0 atom stereocenters. The molecule has 0 saturated heterocycles. The Kier molecular flexibility index (Phi) is 5.08. The van der Waals surface area contributed by atoms with Crippen molar-refractivity contribution in [3.05, 3.63) is 34.1 Å². The number of rotatable bonds is 6. The molecule has 6 nitrogen and oxygen atoms in total. The molecule has 1 N–H and O–H groups in total. The molecule has 0 radical (unpaired) electrons. The number of nitrogens with one attached hydrogen (secondary N) is 1. The first-order chi connectivity index (χ1) is 9.54. The van der Waals surface area contributed by atoms with Gasteiger partial charge in [-0.3, -0.25) is 0 Å². The van der Waals surface area contributed by atoms with Crippen LogP contribution in [-0.2, 0) is 20.2 Å². The van der Waals surface area contributed by atoms with Gasteiger partial charge < -0.3 is 10.1 Å². The smallest absolute Gasteiger partial charge is 0.212 e. The monoisotopic (exact) mass is 339 g/mol. The summed E-state index contributed by atoms with van der Waals surface area (Å²) in [4.78, 5) is 1.41. The van der Waals surface area contributed by atoms with Crippen molar-refractivity contribution in [1.82, 2.24) is 25.5 Å². The molecule has 2 aromatic rings. The number of tetrazole rings is 1. The van der Waals surface area contributed by atoms with Gasteiger partial charge in [0, 0.05) is 12.6 Å². The van der Waals surface area contributed by atoms with Crippen LogP contribution in [0, 0.1) is 0 Å². The third kappa shape index (κ3) is 4.28. The molecule has 108 valence electrons. The van der Waals surface area contributed by atoms with Gasteiger partial charge in [0.15, 0.2) is 6.61 Å². The second kappa shape index (κ2) is 6.81. The zero-order chi connectivity index (χ0) is 14.5. The van der Waals surface area contributed by atoms with E-state index in [9.17, 15) is 0 Å². The number of hydrogen-bond donors (Lipinski definition) is 1. The highest BCUT2D eigenvalue weighted by atomic mass is 79.9. The molecule has 20 heavy (non-hydrogen) atoms. The van der Waals surface area contributed by atoms with Gasteiger partial charge in [-0.1, -0.05) is 19.9 Å². The van der Waals surface area contributed by atoms with Crippen molar-refractivity contribution in [3.63, 3.8) is 0 Å². The molecular weight excluding hydrogens is 322 g/mol. The molecule has 0 amide bonds. The standard InChI is InChI=1S/C13H18BrN5O/c1-9(2)15-7-10-4-5-12(11(14)6-10)20-8-13-16-18-19(3)17-13/h4-6,9,15H,7-8H2,1-3H3. The van der Waals surface area contributed by atoms with Gasteiger partial charge in [0.25, 0.3) is 0 Å². The summed E-state index contributed by atoms with van der Waals surface area (Å²) >= 11 is 3.52. The predicted octanol–water partition coefficient (Wildman–Crippen LogP) is 2.05. The molecule has 0 aliphatic rings. The lowest BCUT2D eigenvalue weighted by Gasteiger charge is -2.10. The molecule has 1 heterocycles. The maximum absolute atomic E-state index is 5.67. The lowest BCUT2D eigenvalue weighted by molar-refractivity contribution is 0.293. The summed E-state index contributed by atoms with van der Waals surface area (Å²) in [6, 6.07) is 6.50. The van der Waals surface area contributed by atoms with Crippen LogP contribution < -0.4 is 10.1 Å². The predicted molar refractivity (Wildman–Crippen MR) is 79.2 cm³/mol. The first-order valence-electron chi connectivity index (χ1n) is 6.42. The highest BCUT2D eigenvalue weighted by molar-refractivity contribution is 9.10. The number of halogens is 1. The van der Waals surface area contributed by atoms with Gasteiger partial charge in [0.1, 0.15) is 5.75 Å². The van der Waals surface area contributed by atoms with Gasteiger partial charge in [-0.05, 0) is 38.8 Å². The number of aryl methyl sites for hydroxylation is 1. The van der Waals surface area contributed by atoms with Crippen LogP contribution in [0.15, 0.2) is 22.7 Å². The maximum Gasteiger partial charge on any atom is 0.212 e. The van der Waals surface area contributed by atoms with Crippen molar-refractivity contribution in [2.45, 2.75) is 33.0 Å². The molecule has 0 bridgehead atoms. The Bertz CT molecular complexity index is 570. The van der Waals surface area contributed by atoms with Gasteiger partial charge in [0.2, 0.25) is 5.82 Å². The summed E-state index contributed by atoms with van der Waals surface area (Å²) in [5.74, 6) is 1.33. The van der Waals surface area contributed by atoms with Crippen molar-refractivity contribution < 1.29 is 4.74 Å². The molecule has 0 saturated carbocycles. The van der Waals surface area contributed by atoms with Gasteiger partial charge in [-0.15, -0.1) is 10.2 Å². The Morgan fingerprint density at radius 2 is 2.20 bits per heavy atom. The number of benzene rings is 1. The minimum atomic E-state index is 0.302. The number of hydrogen-bond acceptors (Lipinski definition) is 5. The van der Waals surface area contributed by atoms with Crippen LogP contribution in [0.3, 0.4) is 0 Å². The van der Waals surface area contributed by atoms with Gasteiger partial charge in [-0.25, -0.2) is 0 Å². The zero-order valence-electron chi connectivity index (χ0n) is 11.8. The summed E-state index contributed by atoms with van der Waals surface area (Å²) in [7, 11) is 1.73. The van der Waals surface area contributed by atoms with E-state index in [1.807, 2.05) is 12.1 Å². The van der Waals surface area contributed by atoms with Crippen molar-refractivity contribution >= 4 is 15.9 Å². The molecule has 1 aromatic heterocycles. The van der Waals surface area contributed by atoms with Crippen molar-refractivity contribution in [2.75, 3.05) is 0 Å². The van der Waals surface area contributed by atoms with Crippen LogP contribution in [0.25, 0.3) is 0 Å². The number of nitrogens with zero attached hydrogens (tertiary/aromatic N) is 4. The van der Waals surface area contributed by atoms with Crippen molar-refractivity contribution in [2.24, 2.45) is 7.05 Å². The Morgan fingerprint density at radius 3 is 2.80 bits per heavy atom. The second-order valence-corrected chi connectivity index (χ2v) is 5.64. The number of aromatic nitrogens is 4. The second-order valence-electron chi connectivity index (χ2n) is 4.78. The lowest BCUT2D eigenvalue weighted by atomic mass is 10.2. The third-order valence-electron chi connectivity index (χ3n) is 2.62. The molecule has 0 spiro atoms. The van der Waals surface area contributed by atoms with Crippen LogP contribution >= 0.6 is 15.9 Å². The minimum Gasteiger partial charge on any atom is -0.484 e. The van der Waals surface area contributed by atoms with Crippen LogP contribution in [-0.4, -0.2) is 26.2 Å². The van der Waals surface area contributed by atoms with E-state index in [0.717, 1.165) is 16.8 Å². The van der Waals surface area contributed by atoms with E-state index in [1.54, 1.807) is 7.05 Å². The molecule has 7 heteroatoms.